The molecule has 126 valence electrons. The summed E-state index contributed by atoms with van der Waals surface area (Å²) >= 11 is 0. The van der Waals surface area contributed by atoms with Gasteiger partial charge < -0.3 is 10.2 Å². The standard InChI is InChI=1S/C18H22N4O2/c23-17(8-13-21-11-5-10-20-21)22-12-4-9-19-18(24)16(22)14-15-6-2-1-3-7-15/h1-3,5-7,10-11,16H,4,8-9,12-14H2,(H,19,24). The van der Waals surface area contributed by atoms with Crippen molar-refractivity contribution in [1.82, 2.24) is 20.0 Å². The molecule has 24 heavy (non-hydrogen) atoms. The lowest BCUT2D eigenvalue weighted by Gasteiger charge is -2.28. The van der Waals surface area contributed by atoms with Crippen LogP contribution in [0.3, 0.4) is 0 Å². The van der Waals surface area contributed by atoms with Gasteiger partial charge in [0.05, 0.1) is 0 Å². The number of carbonyl (C=O) groups is 2. The van der Waals surface area contributed by atoms with Gasteiger partial charge in [0, 0.05) is 44.9 Å². The number of hydrogen-bond acceptors (Lipinski definition) is 3. The number of benzene rings is 1. The van der Waals surface area contributed by atoms with Crippen molar-refractivity contribution in [2.24, 2.45) is 0 Å². The minimum Gasteiger partial charge on any atom is -0.354 e. The van der Waals surface area contributed by atoms with Gasteiger partial charge in [0.15, 0.2) is 0 Å². The molecule has 3 rings (SSSR count). The molecule has 2 heterocycles. The summed E-state index contributed by atoms with van der Waals surface area (Å²) in [4.78, 5) is 26.9. The van der Waals surface area contributed by atoms with Gasteiger partial charge in [-0.2, -0.15) is 5.10 Å². The Morgan fingerprint density at radius 3 is 2.83 bits per heavy atom. The molecule has 1 aromatic heterocycles. The average Bonchev–Trinajstić information content (AvgIpc) is 3.06. The van der Waals surface area contributed by atoms with Crippen LogP contribution in [0.15, 0.2) is 48.8 Å². The molecule has 1 fully saturated rings. The van der Waals surface area contributed by atoms with Crippen molar-refractivity contribution in [3.63, 3.8) is 0 Å². The van der Waals surface area contributed by atoms with Gasteiger partial charge in [0.2, 0.25) is 11.8 Å². The third-order valence-corrected chi connectivity index (χ3v) is 4.26. The summed E-state index contributed by atoms with van der Waals surface area (Å²) in [5, 5.41) is 7.04. The molecule has 6 heteroatoms. The van der Waals surface area contributed by atoms with Crippen molar-refractivity contribution < 1.29 is 9.59 Å². The van der Waals surface area contributed by atoms with Gasteiger partial charge in [-0.25, -0.2) is 0 Å². The first-order chi connectivity index (χ1) is 11.7. The molecule has 0 bridgehead atoms. The Balaban J connectivity index is 1.71. The van der Waals surface area contributed by atoms with Crippen molar-refractivity contribution >= 4 is 11.8 Å². The molecule has 1 N–H and O–H groups in total. The van der Waals surface area contributed by atoms with E-state index in [0.717, 1.165) is 12.0 Å². The largest absolute Gasteiger partial charge is 0.354 e. The van der Waals surface area contributed by atoms with E-state index >= 15 is 0 Å². The fourth-order valence-electron chi connectivity index (χ4n) is 3.00. The molecule has 1 atom stereocenters. The summed E-state index contributed by atoms with van der Waals surface area (Å²) < 4.78 is 1.74. The van der Waals surface area contributed by atoms with E-state index in [1.807, 2.05) is 42.6 Å². The maximum atomic E-state index is 12.7. The lowest BCUT2D eigenvalue weighted by molar-refractivity contribution is -0.139. The topological polar surface area (TPSA) is 67.2 Å². The molecule has 1 saturated heterocycles. The van der Waals surface area contributed by atoms with Gasteiger partial charge in [0.1, 0.15) is 6.04 Å². The zero-order valence-electron chi connectivity index (χ0n) is 13.6. The van der Waals surface area contributed by atoms with Crippen molar-refractivity contribution in [2.75, 3.05) is 13.1 Å². The highest BCUT2D eigenvalue weighted by Gasteiger charge is 2.31. The van der Waals surface area contributed by atoms with Crippen LogP contribution >= 0.6 is 0 Å². The second kappa shape index (κ2) is 7.77. The number of nitrogens with zero attached hydrogens (tertiary/aromatic N) is 3. The van der Waals surface area contributed by atoms with E-state index in [2.05, 4.69) is 10.4 Å². The summed E-state index contributed by atoms with van der Waals surface area (Å²) in [5.41, 5.74) is 1.06. The molecular weight excluding hydrogens is 304 g/mol. The normalized spacial score (nSPS) is 18.1. The second-order valence-corrected chi connectivity index (χ2v) is 5.96. The number of carbonyl (C=O) groups excluding carboxylic acids is 2. The third kappa shape index (κ3) is 4.01. The van der Waals surface area contributed by atoms with Crippen LogP contribution in [0.2, 0.25) is 0 Å². The molecule has 2 amide bonds. The maximum absolute atomic E-state index is 12.7. The van der Waals surface area contributed by atoms with Crippen LogP contribution in [0.4, 0.5) is 0 Å². The molecule has 0 saturated carbocycles. The second-order valence-electron chi connectivity index (χ2n) is 5.96. The van der Waals surface area contributed by atoms with Gasteiger partial charge >= 0.3 is 0 Å². The summed E-state index contributed by atoms with van der Waals surface area (Å²) in [7, 11) is 0. The number of rotatable bonds is 5. The Hall–Kier alpha value is -2.63. The summed E-state index contributed by atoms with van der Waals surface area (Å²) in [6.07, 6.45) is 5.21. The van der Waals surface area contributed by atoms with Gasteiger partial charge in [-0.1, -0.05) is 30.3 Å². The number of aromatic nitrogens is 2. The van der Waals surface area contributed by atoms with E-state index in [9.17, 15) is 9.59 Å². The van der Waals surface area contributed by atoms with Gasteiger partial charge in [0.25, 0.3) is 0 Å². The zero-order valence-corrected chi connectivity index (χ0v) is 13.6. The minimum atomic E-state index is -0.444. The summed E-state index contributed by atoms with van der Waals surface area (Å²) in [5.74, 6) is -0.0627. The van der Waals surface area contributed by atoms with E-state index in [1.54, 1.807) is 15.8 Å². The van der Waals surface area contributed by atoms with Crippen molar-refractivity contribution in [3.8, 4) is 0 Å². The average molecular weight is 326 g/mol. The summed E-state index contributed by atoms with van der Waals surface area (Å²) in [6, 6.07) is 11.2. The molecule has 1 aliphatic heterocycles. The predicted molar refractivity (Wildman–Crippen MR) is 90.1 cm³/mol. The minimum absolute atomic E-state index is 0.00322. The number of nitrogens with one attached hydrogen (secondary N) is 1. The Morgan fingerprint density at radius 2 is 2.08 bits per heavy atom. The zero-order chi connectivity index (χ0) is 16.8. The van der Waals surface area contributed by atoms with E-state index in [1.165, 1.54) is 0 Å². The number of amides is 2. The molecule has 1 aromatic carbocycles. The fraction of sp³-hybridized carbons (Fsp3) is 0.389. The lowest BCUT2D eigenvalue weighted by atomic mass is 10.0. The van der Waals surface area contributed by atoms with Crippen LogP contribution < -0.4 is 5.32 Å². The monoisotopic (exact) mass is 326 g/mol. The number of aryl methyl sites for hydroxylation is 1. The summed E-state index contributed by atoms with van der Waals surface area (Å²) in [6.45, 7) is 1.75. The first-order valence-corrected chi connectivity index (χ1v) is 8.32. The van der Waals surface area contributed by atoms with Crippen molar-refractivity contribution in [1.29, 1.82) is 0 Å². The lowest BCUT2D eigenvalue weighted by Crippen LogP contribution is -2.48. The van der Waals surface area contributed by atoms with E-state index < -0.39 is 6.04 Å². The first-order valence-electron chi connectivity index (χ1n) is 8.32. The highest BCUT2D eigenvalue weighted by atomic mass is 16.2. The molecule has 1 unspecified atom stereocenters. The molecule has 0 radical (unpaired) electrons. The quantitative estimate of drug-likeness (QED) is 0.899. The molecular formula is C18H22N4O2. The number of hydrogen-bond donors (Lipinski definition) is 1. The molecule has 6 nitrogen and oxygen atoms in total. The Labute approximate surface area is 141 Å². The molecule has 2 aromatic rings. The van der Waals surface area contributed by atoms with Crippen LogP contribution in [-0.4, -0.2) is 45.6 Å². The Bertz CT molecular complexity index is 670. The highest BCUT2D eigenvalue weighted by Crippen LogP contribution is 2.14. The SMILES string of the molecule is O=C1NCCCN(C(=O)CCn2cccn2)C1Cc1ccccc1. The van der Waals surface area contributed by atoms with Crippen LogP contribution in [-0.2, 0) is 22.6 Å². The molecule has 0 aliphatic carbocycles. The van der Waals surface area contributed by atoms with E-state index in [4.69, 9.17) is 0 Å². The predicted octanol–water partition coefficient (Wildman–Crippen LogP) is 1.23. The van der Waals surface area contributed by atoms with Crippen LogP contribution in [0.1, 0.15) is 18.4 Å². The van der Waals surface area contributed by atoms with Gasteiger partial charge in [-0.3, -0.25) is 14.3 Å². The Kier molecular flexibility index (Phi) is 5.25. The fourth-order valence-corrected chi connectivity index (χ4v) is 3.00. The van der Waals surface area contributed by atoms with Crippen LogP contribution in [0.25, 0.3) is 0 Å². The highest BCUT2D eigenvalue weighted by molar-refractivity contribution is 5.88. The Morgan fingerprint density at radius 1 is 1.25 bits per heavy atom. The van der Waals surface area contributed by atoms with Crippen LogP contribution in [0, 0.1) is 0 Å². The molecule has 0 spiro atoms. The van der Waals surface area contributed by atoms with E-state index in [-0.39, 0.29) is 11.8 Å². The van der Waals surface area contributed by atoms with E-state index in [0.29, 0.717) is 32.5 Å². The van der Waals surface area contributed by atoms with Gasteiger partial charge in [-0.15, -0.1) is 0 Å². The first kappa shape index (κ1) is 16.2. The van der Waals surface area contributed by atoms with Gasteiger partial charge in [-0.05, 0) is 18.1 Å². The van der Waals surface area contributed by atoms with Crippen molar-refractivity contribution in [2.45, 2.75) is 31.8 Å². The maximum Gasteiger partial charge on any atom is 0.243 e. The van der Waals surface area contributed by atoms with Crippen molar-refractivity contribution in [3.05, 3.63) is 54.4 Å². The van der Waals surface area contributed by atoms with Crippen LogP contribution in [0.5, 0.6) is 0 Å². The molecule has 1 aliphatic rings. The smallest absolute Gasteiger partial charge is 0.243 e. The third-order valence-electron chi connectivity index (χ3n) is 4.26.